The van der Waals surface area contributed by atoms with Gasteiger partial charge in [0.15, 0.2) is 0 Å². The van der Waals surface area contributed by atoms with E-state index in [1.165, 1.54) is 5.56 Å². The summed E-state index contributed by atoms with van der Waals surface area (Å²) in [6, 6.07) is 7.92. The average molecular weight is 252 g/mol. The van der Waals surface area contributed by atoms with Crippen LogP contribution in [-0.2, 0) is 11.2 Å². The van der Waals surface area contributed by atoms with E-state index < -0.39 is 6.09 Å². The molecule has 0 aliphatic heterocycles. The van der Waals surface area contributed by atoms with Crippen LogP contribution in [0.2, 0.25) is 0 Å². The molecule has 1 aliphatic rings. The van der Waals surface area contributed by atoms with Crippen molar-refractivity contribution in [1.29, 1.82) is 0 Å². The number of rotatable bonds is 2. The summed E-state index contributed by atoms with van der Waals surface area (Å²) in [5, 5.41) is 3.39. The van der Waals surface area contributed by atoms with Gasteiger partial charge in [0.1, 0.15) is 0 Å². The lowest BCUT2D eigenvalue weighted by molar-refractivity contribution is 0.157. The Labute approximate surface area is 105 Å². The van der Waals surface area contributed by atoms with Gasteiger partial charge in [-0.05, 0) is 25.3 Å². The largest absolute Gasteiger partial charge is 0.450 e. The highest BCUT2D eigenvalue weighted by atomic mass is 35.5. The highest BCUT2D eigenvalue weighted by molar-refractivity contribution is 6.33. The molecule has 3 nitrogen and oxygen atoms in total. The molecular weight excluding hydrogens is 238 g/mol. The maximum Gasteiger partial charge on any atom is 0.411 e. The fourth-order valence-electron chi connectivity index (χ4n) is 1.90. The number of hydrogen-bond donors (Lipinski definition) is 1. The SMILES string of the molecule is CCOC(=O)NC1=C(Cl)CCc2ccccc21. The minimum atomic E-state index is -0.461. The summed E-state index contributed by atoms with van der Waals surface area (Å²) in [4.78, 5) is 11.4. The number of alkyl carbamates (subject to hydrolysis) is 1. The smallest absolute Gasteiger partial charge is 0.411 e. The van der Waals surface area contributed by atoms with Crippen molar-refractivity contribution < 1.29 is 9.53 Å². The summed E-state index contributed by atoms with van der Waals surface area (Å²) < 4.78 is 4.87. The number of carbonyl (C=O) groups is 1. The van der Waals surface area contributed by atoms with Crippen LogP contribution in [0.25, 0.3) is 5.70 Å². The molecule has 2 rings (SSSR count). The van der Waals surface area contributed by atoms with Gasteiger partial charge < -0.3 is 4.74 Å². The Bertz CT molecular complexity index is 468. The van der Waals surface area contributed by atoms with Gasteiger partial charge in [0, 0.05) is 10.6 Å². The number of allylic oxidation sites excluding steroid dienone is 1. The van der Waals surface area contributed by atoms with Crippen LogP contribution in [0.15, 0.2) is 29.3 Å². The fourth-order valence-corrected chi connectivity index (χ4v) is 2.15. The maximum absolute atomic E-state index is 11.4. The Morgan fingerprint density at radius 1 is 1.41 bits per heavy atom. The van der Waals surface area contributed by atoms with Crippen LogP contribution in [0, 0.1) is 0 Å². The second-order valence-corrected chi connectivity index (χ2v) is 4.24. The summed E-state index contributed by atoms with van der Waals surface area (Å²) in [6.07, 6.45) is 1.20. The predicted octanol–water partition coefficient (Wildman–Crippen LogP) is 3.29. The van der Waals surface area contributed by atoms with Crippen molar-refractivity contribution >= 4 is 23.4 Å². The Morgan fingerprint density at radius 2 is 2.18 bits per heavy atom. The van der Waals surface area contributed by atoms with E-state index in [-0.39, 0.29) is 0 Å². The first-order valence-corrected chi connectivity index (χ1v) is 6.01. The van der Waals surface area contributed by atoms with Gasteiger partial charge in [0.05, 0.1) is 12.3 Å². The van der Waals surface area contributed by atoms with Crippen LogP contribution >= 0.6 is 11.6 Å². The van der Waals surface area contributed by atoms with Crippen molar-refractivity contribution in [3.63, 3.8) is 0 Å². The van der Waals surface area contributed by atoms with E-state index in [1.807, 2.05) is 24.3 Å². The molecule has 1 amide bonds. The standard InChI is InChI=1S/C13H14ClNO2/c1-2-17-13(16)15-12-10-6-4-3-5-9(10)7-8-11(12)14/h3-6H,2,7-8H2,1H3,(H,15,16). The molecule has 0 saturated carbocycles. The summed E-state index contributed by atoms with van der Waals surface area (Å²) in [5.41, 5.74) is 2.85. The minimum absolute atomic E-state index is 0.346. The number of nitrogens with one attached hydrogen (secondary N) is 1. The molecule has 1 aromatic carbocycles. The van der Waals surface area contributed by atoms with Crippen LogP contribution < -0.4 is 5.32 Å². The molecule has 0 saturated heterocycles. The van der Waals surface area contributed by atoms with Crippen LogP contribution in [-0.4, -0.2) is 12.7 Å². The Kier molecular flexibility index (Phi) is 3.69. The average Bonchev–Trinajstić information content (AvgIpc) is 2.33. The van der Waals surface area contributed by atoms with Gasteiger partial charge in [-0.2, -0.15) is 0 Å². The number of benzene rings is 1. The summed E-state index contributed by atoms with van der Waals surface area (Å²) >= 11 is 6.16. The topological polar surface area (TPSA) is 38.3 Å². The lowest BCUT2D eigenvalue weighted by atomic mass is 9.94. The zero-order valence-electron chi connectivity index (χ0n) is 9.63. The van der Waals surface area contributed by atoms with E-state index in [4.69, 9.17) is 16.3 Å². The van der Waals surface area contributed by atoms with Crippen molar-refractivity contribution in [3.05, 3.63) is 40.4 Å². The molecule has 17 heavy (non-hydrogen) atoms. The summed E-state index contributed by atoms with van der Waals surface area (Å²) in [5.74, 6) is 0. The van der Waals surface area contributed by atoms with Crippen LogP contribution in [0.4, 0.5) is 4.79 Å². The molecule has 0 heterocycles. The van der Waals surface area contributed by atoms with E-state index in [1.54, 1.807) is 6.92 Å². The second kappa shape index (κ2) is 5.23. The Balaban J connectivity index is 2.28. The number of fused-ring (bicyclic) bond motifs is 1. The monoisotopic (exact) mass is 251 g/mol. The molecule has 0 unspecified atom stereocenters. The molecule has 0 fully saturated rings. The highest BCUT2D eigenvalue weighted by Gasteiger charge is 2.19. The van der Waals surface area contributed by atoms with Crippen molar-refractivity contribution in [1.82, 2.24) is 5.32 Å². The number of halogens is 1. The van der Waals surface area contributed by atoms with Crippen molar-refractivity contribution in [2.45, 2.75) is 19.8 Å². The highest BCUT2D eigenvalue weighted by Crippen LogP contribution is 2.31. The van der Waals surface area contributed by atoms with Gasteiger partial charge in [0.25, 0.3) is 0 Å². The van der Waals surface area contributed by atoms with Crippen LogP contribution in [0.5, 0.6) is 0 Å². The molecule has 1 aliphatic carbocycles. The van der Waals surface area contributed by atoms with Crippen molar-refractivity contribution in [2.24, 2.45) is 0 Å². The summed E-state index contributed by atoms with van der Waals surface area (Å²) in [6.45, 7) is 2.11. The minimum Gasteiger partial charge on any atom is -0.450 e. The summed E-state index contributed by atoms with van der Waals surface area (Å²) in [7, 11) is 0. The fraction of sp³-hybridized carbons (Fsp3) is 0.308. The molecule has 4 heteroatoms. The van der Waals surface area contributed by atoms with Crippen LogP contribution in [0.1, 0.15) is 24.5 Å². The third kappa shape index (κ3) is 2.61. The molecule has 1 N–H and O–H groups in total. The number of carbonyl (C=O) groups excluding carboxylic acids is 1. The lowest BCUT2D eigenvalue weighted by Gasteiger charge is -2.20. The first kappa shape index (κ1) is 12.0. The first-order valence-electron chi connectivity index (χ1n) is 5.63. The van der Waals surface area contributed by atoms with Gasteiger partial charge in [-0.3, -0.25) is 5.32 Å². The molecule has 1 aromatic rings. The Hall–Kier alpha value is -1.48. The second-order valence-electron chi connectivity index (χ2n) is 3.78. The number of hydrogen-bond acceptors (Lipinski definition) is 2. The first-order chi connectivity index (χ1) is 8.22. The number of amides is 1. The molecule has 0 bridgehead atoms. The maximum atomic E-state index is 11.4. The van der Waals surface area contributed by atoms with Crippen molar-refractivity contribution in [3.8, 4) is 0 Å². The Morgan fingerprint density at radius 3 is 2.94 bits per heavy atom. The van der Waals surface area contributed by atoms with Gasteiger partial charge >= 0.3 is 6.09 Å². The van der Waals surface area contributed by atoms with Crippen molar-refractivity contribution in [2.75, 3.05) is 6.61 Å². The normalized spacial score (nSPS) is 14.2. The van der Waals surface area contributed by atoms with Gasteiger partial charge in [-0.15, -0.1) is 0 Å². The predicted molar refractivity (Wildman–Crippen MR) is 67.7 cm³/mol. The zero-order valence-corrected chi connectivity index (χ0v) is 10.4. The molecule has 0 radical (unpaired) electrons. The molecule has 0 spiro atoms. The van der Waals surface area contributed by atoms with E-state index in [0.717, 1.165) is 18.4 Å². The molecule has 90 valence electrons. The van der Waals surface area contributed by atoms with Gasteiger partial charge in [0.2, 0.25) is 0 Å². The quantitative estimate of drug-likeness (QED) is 0.876. The number of aryl methyl sites for hydroxylation is 1. The zero-order chi connectivity index (χ0) is 12.3. The van der Waals surface area contributed by atoms with E-state index in [9.17, 15) is 4.79 Å². The number of ether oxygens (including phenoxy) is 1. The van der Waals surface area contributed by atoms with E-state index in [2.05, 4.69) is 5.32 Å². The molecular formula is C13H14ClNO2. The van der Waals surface area contributed by atoms with Gasteiger partial charge in [-0.25, -0.2) is 4.79 Å². The molecule has 0 atom stereocenters. The molecule has 0 aromatic heterocycles. The van der Waals surface area contributed by atoms with Crippen LogP contribution in [0.3, 0.4) is 0 Å². The van der Waals surface area contributed by atoms with E-state index >= 15 is 0 Å². The van der Waals surface area contributed by atoms with E-state index in [0.29, 0.717) is 17.3 Å². The third-order valence-corrected chi connectivity index (χ3v) is 3.05. The lowest BCUT2D eigenvalue weighted by Crippen LogP contribution is -2.25. The van der Waals surface area contributed by atoms with Gasteiger partial charge in [-0.1, -0.05) is 35.9 Å². The third-order valence-electron chi connectivity index (χ3n) is 2.67.